The Morgan fingerprint density at radius 2 is 1.90 bits per heavy atom. The van der Waals surface area contributed by atoms with Crippen molar-refractivity contribution in [3.63, 3.8) is 0 Å². The van der Waals surface area contributed by atoms with Crippen molar-refractivity contribution in [2.75, 3.05) is 6.26 Å². The maximum absolute atomic E-state index is 13.2. The topological polar surface area (TPSA) is 43.1 Å². The van der Waals surface area contributed by atoms with Gasteiger partial charge in [0.25, 0.3) is 0 Å². The third-order valence-corrected chi connectivity index (χ3v) is 5.87. The van der Waals surface area contributed by atoms with E-state index in [9.17, 15) is 18.0 Å². The molecule has 1 saturated carbocycles. The van der Waals surface area contributed by atoms with Crippen molar-refractivity contribution in [3.05, 3.63) is 82.2 Å². The lowest BCUT2D eigenvalue weighted by Gasteiger charge is -2.14. The monoisotopic (exact) mass is 417 g/mol. The van der Waals surface area contributed by atoms with Gasteiger partial charge in [-0.1, -0.05) is 35.5 Å². The summed E-state index contributed by atoms with van der Waals surface area (Å²) in [7, 11) is 0. The van der Waals surface area contributed by atoms with E-state index in [0.29, 0.717) is 28.2 Å². The van der Waals surface area contributed by atoms with E-state index in [1.807, 2.05) is 12.1 Å². The molecule has 0 spiro atoms. The Bertz CT molecular complexity index is 1050. The van der Waals surface area contributed by atoms with Crippen LogP contribution in [0.4, 0.5) is 13.2 Å². The van der Waals surface area contributed by atoms with Crippen LogP contribution in [0.1, 0.15) is 57.1 Å². The Balaban J connectivity index is 1.67. The van der Waals surface area contributed by atoms with Gasteiger partial charge >= 0.3 is 6.18 Å². The molecule has 0 unspecified atom stereocenters. The number of hydrogen-bond acceptors (Lipinski definition) is 4. The molecule has 1 aliphatic rings. The molecule has 3 nitrogen and oxygen atoms in total. The summed E-state index contributed by atoms with van der Waals surface area (Å²) in [4.78, 5) is 13.7. The van der Waals surface area contributed by atoms with Crippen molar-refractivity contribution in [2.24, 2.45) is 0 Å². The molecular formula is C22H18F3NO2S. The van der Waals surface area contributed by atoms with Gasteiger partial charge in [0.2, 0.25) is 0 Å². The molecule has 1 aliphatic carbocycles. The highest BCUT2D eigenvalue weighted by Crippen LogP contribution is 2.42. The smallest absolute Gasteiger partial charge is 0.360 e. The summed E-state index contributed by atoms with van der Waals surface area (Å²) in [5.74, 6) is 0.715. The Morgan fingerprint density at radius 1 is 1.14 bits per heavy atom. The van der Waals surface area contributed by atoms with Crippen molar-refractivity contribution in [3.8, 4) is 0 Å². The molecule has 1 heterocycles. The molecule has 1 fully saturated rings. The van der Waals surface area contributed by atoms with E-state index < -0.39 is 11.7 Å². The number of ketones is 1. The van der Waals surface area contributed by atoms with E-state index in [0.717, 1.165) is 36.1 Å². The number of carbonyl (C=O) groups is 1. The molecule has 4 rings (SSSR count). The fourth-order valence-corrected chi connectivity index (χ4v) is 4.02. The zero-order chi connectivity index (χ0) is 20.6. The number of halogens is 3. The molecule has 7 heteroatoms. The van der Waals surface area contributed by atoms with Crippen molar-refractivity contribution in [1.29, 1.82) is 0 Å². The van der Waals surface area contributed by atoms with Gasteiger partial charge in [-0.3, -0.25) is 4.79 Å². The average molecular weight is 417 g/mol. The minimum absolute atomic E-state index is 0.165. The second-order valence-corrected chi connectivity index (χ2v) is 7.91. The first kappa shape index (κ1) is 19.8. The van der Waals surface area contributed by atoms with Crippen LogP contribution in [-0.4, -0.2) is 17.2 Å². The van der Waals surface area contributed by atoms with Crippen LogP contribution in [0, 0.1) is 0 Å². The molecule has 150 valence electrons. The van der Waals surface area contributed by atoms with Crippen LogP contribution in [0.5, 0.6) is 0 Å². The Hall–Kier alpha value is -2.54. The molecule has 0 atom stereocenters. The molecule has 29 heavy (non-hydrogen) atoms. The number of carbonyl (C=O) groups excluding carboxylic acids is 1. The Kier molecular flexibility index (Phi) is 5.25. The third kappa shape index (κ3) is 4.10. The van der Waals surface area contributed by atoms with Crippen molar-refractivity contribution < 1.29 is 22.5 Å². The number of benzene rings is 2. The maximum atomic E-state index is 13.2. The molecule has 0 aliphatic heterocycles. The van der Waals surface area contributed by atoms with Gasteiger partial charge in [0.15, 0.2) is 11.5 Å². The molecule has 0 saturated heterocycles. The second kappa shape index (κ2) is 7.71. The maximum Gasteiger partial charge on any atom is 0.416 e. The van der Waals surface area contributed by atoms with Gasteiger partial charge in [-0.05, 0) is 48.8 Å². The van der Waals surface area contributed by atoms with Crippen molar-refractivity contribution >= 4 is 17.5 Å². The van der Waals surface area contributed by atoms with E-state index in [1.54, 1.807) is 18.4 Å². The summed E-state index contributed by atoms with van der Waals surface area (Å²) in [5.41, 5.74) is 1.82. The van der Waals surface area contributed by atoms with Crippen molar-refractivity contribution in [1.82, 2.24) is 5.16 Å². The van der Waals surface area contributed by atoms with Crippen LogP contribution in [0.2, 0.25) is 0 Å². The van der Waals surface area contributed by atoms with Gasteiger partial charge < -0.3 is 4.52 Å². The number of nitrogens with zero attached hydrogens (tertiary/aromatic N) is 1. The number of aromatic nitrogens is 1. The number of rotatable bonds is 6. The fourth-order valence-electron chi connectivity index (χ4n) is 3.37. The standard InChI is InChI=1S/C22H18F3NO2S/c1-29-19-11-16(22(23,24)25)9-8-15(19)10-14-4-2-3-5-17(14)20(27)18-12-26-28-21(18)13-6-7-13/h2-5,8-9,11-13H,6-7,10H2,1H3. The minimum atomic E-state index is -4.38. The zero-order valence-electron chi connectivity index (χ0n) is 15.6. The Morgan fingerprint density at radius 3 is 2.59 bits per heavy atom. The number of thioether (sulfide) groups is 1. The first-order valence-corrected chi connectivity index (χ1v) is 10.4. The van der Waals surface area contributed by atoms with Crippen LogP contribution in [-0.2, 0) is 12.6 Å². The van der Waals surface area contributed by atoms with Crippen LogP contribution in [0.15, 0.2) is 58.1 Å². The first-order valence-electron chi connectivity index (χ1n) is 9.19. The molecule has 3 aromatic rings. The fraction of sp³-hybridized carbons (Fsp3) is 0.273. The summed E-state index contributed by atoms with van der Waals surface area (Å²) < 4.78 is 44.4. The molecule has 0 bridgehead atoms. The molecule has 0 amide bonds. The van der Waals surface area contributed by atoms with Gasteiger partial charge in [0, 0.05) is 16.4 Å². The second-order valence-electron chi connectivity index (χ2n) is 7.07. The van der Waals surface area contributed by atoms with E-state index >= 15 is 0 Å². The van der Waals surface area contributed by atoms with E-state index in [1.165, 1.54) is 24.0 Å². The van der Waals surface area contributed by atoms with Gasteiger partial charge in [-0.15, -0.1) is 11.8 Å². The van der Waals surface area contributed by atoms with Crippen LogP contribution in [0.3, 0.4) is 0 Å². The highest BCUT2D eigenvalue weighted by Gasteiger charge is 2.33. The minimum Gasteiger partial charge on any atom is -0.360 e. The Labute approximate surface area is 170 Å². The highest BCUT2D eigenvalue weighted by atomic mass is 32.2. The third-order valence-electron chi connectivity index (χ3n) is 5.05. The van der Waals surface area contributed by atoms with E-state index in [4.69, 9.17) is 4.52 Å². The molecule has 0 radical (unpaired) electrons. The number of alkyl halides is 3. The largest absolute Gasteiger partial charge is 0.416 e. The number of hydrogen-bond donors (Lipinski definition) is 0. The summed E-state index contributed by atoms with van der Waals surface area (Å²) in [6, 6.07) is 10.9. The van der Waals surface area contributed by atoms with Crippen molar-refractivity contribution in [2.45, 2.75) is 36.3 Å². The normalized spacial score (nSPS) is 14.2. The lowest BCUT2D eigenvalue weighted by molar-refractivity contribution is -0.137. The molecular weight excluding hydrogens is 399 g/mol. The van der Waals surface area contributed by atoms with E-state index in [-0.39, 0.29) is 11.7 Å². The van der Waals surface area contributed by atoms with Gasteiger partial charge in [-0.25, -0.2) is 0 Å². The predicted molar refractivity (Wildman–Crippen MR) is 104 cm³/mol. The van der Waals surface area contributed by atoms with Gasteiger partial charge in [0.1, 0.15) is 0 Å². The molecule has 0 N–H and O–H groups in total. The lowest BCUT2D eigenvalue weighted by Crippen LogP contribution is -2.08. The van der Waals surface area contributed by atoms with Crippen LogP contribution < -0.4 is 0 Å². The summed E-state index contributed by atoms with van der Waals surface area (Å²) in [6.45, 7) is 0. The van der Waals surface area contributed by atoms with Gasteiger partial charge in [-0.2, -0.15) is 13.2 Å². The zero-order valence-corrected chi connectivity index (χ0v) is 16.4. The summed E-state index contributed by atoms with van der Waals surface area (Å²) in [5, 5.41) is 3.80. The van der Waals surface area contributed by atoms with Crippen LogP contribution >= 0.6 is 11.8 Å². The molecule has 2 aromatic carbocycles. The highest BCUT2D eigenvalue weighted by molar-refractivity contribution is 7.98. The average Bonchev–Trinajstić information content (AvgIpc) is 3.43. The van der Waals surface area contributed by atoms with Crippen LogP contribution in [0.25, 0.3) is 0 Å². The summed E-state index contributed by atoms with van der Waals surface area (Å²) >= 11 is 1.26. The van der Waals surface area contributed by atoms with E-state index in [2.05, 4.69) is 5.16 Å². The lowest BCUT2D eigenvalue weighted by atomic mass is 9.93. The van der Waals surface area contributed by atoms with Gasteiger partial charge in [0.05, 0.1) is 17.3 Å². The predicted octanol–water partition coefficient (Wildman–Crippen LogP) is 6.11. The SMILES string of the molecule is CSc1cc(C(F)(F)F)ccc1Cc1ccccc1C(=O)c1cnoc1C1CC1. The quantitative estimate of drug-likeness (QED) is 0.358. The molecule has 1 aromatic heterocycles. The summed E-state index contributed by atoms with van der Waals surface area (Å²) in [6.07, 6.45) is 1.15. The first-order chi connectivity index (χ1) is 13.9.